The average molecular weight is 555 g/mol. The lowest BCUT2D eigenvalue weighted by Crippen LogP contribution is -2.24. The number of thiazole rings is 1. The van der Waals surface area contributed by atoms with Crippen LogP contribution in [0, 0.1) is 15.9 Å². The van der Waals surface area contributed by atoms with Gasteiger partial charge in [0.15, 0.2) is 0 Å². The number of nitrogens with zero attached hydrogens (tertiary/aromatic N) is 4. The minimum atomic E-state index is -0.479. The van der Waals surface area contributed by atoms with Gasteiger partial charge in [0.1, 0.15) is 5.82 Å². The van der Waals surface area contributed by atoms with Gasteiger partial charge in [-0.05, 0) is 48.0 Å². The van der Waals surface area contributed by atoms with Crippen LogP contribution in [0.2, 0.25) is 0 Å². The van der Waals surface area contributed by atoms with Crippen LogP contribution in [0.15, 0.2) is 76.3 Å². The summed E-state index contributed by atoms with van der Waals surface area (Å²) >= 11 is 5.73. The topological polar surface area (TPSA) is 88.7 Å². The van der Waals surface area contributed by atoms with Crippen molar-refractivity contribution in [3.8, 4) is 0 Å². The van der Waals surface area contributed by atoms with E-state index in [1.165, 1.54) is 46.8 Å². The molecular formula is C23H12BrFN4O3S2. The fraction of sp³-hybridized carbons (Fsp3) is 0. The molecule has 2 aromatic heterocycles. The normalized spacial score (nSPS) is 11.5. The lowest BCUT2D eigenvalue weighted by Gasteiger charge is -2.12. The second kappa shape index (κ2) is 9.01. The van der Waals surface area contributed by atoms with Crippen molar-refractivity contribution in [1.82, 2.24) is 4.98 Å². The summed E-state index contributed by atoms with van der Waals surface area (Å²) in [6.07, 6.45) is 1.54. The Morgan fingerprint density at radius 3 is 2.62 bits per heavy atom. The smallest absolute Gasteiger partial charge is 0.266 e. The minimum Gasteiger partial charge on any atom is -0.266 e. The van der Waals surface area contributed by atoms with Crippen molar-refractivity contribution < 1.29 is 14.1 Å². The van der Waals surface area contributed by atoms with E-state index in [0.717, 1.165) is 26.1 Å². The van der Waals surface area contributed by atoms with Crippen LogP contribution < -0.4 is 5.01 Å². The lowest BCUT2D eigenvalue weighted by atomic mass is 10.2. The third-order valence-electron chi connectivity index (χ3n) is 4.83. The van der Waals surface area contributed by atoms with Gasteiger partial charge in [-0.15, -0.1) is 11.3 Å². The number of hydrogen-bond acceptors (Lipinski definition) is 7. The van der Waals surface area contributed by atoms with Gasteiger partial charge in [-0.1, -0.05) is 39.4 Å². The predicted molar refractivity (Wildman–Crippen MR) is 137 cm³/mol. The molecule has 0 radical (unpaired) electrons. The number of anilines is 1. The Balaban J connectivity index is 1.57. The summed E-state index contributed by atoms with van der Waals surface area (Å²) in [4.78, 5) is 29.0. The van der Waals surface area contributed by atoms with E-state index < -0.39 is 16.6 Å². The molecule has 0 aliphatic rings. The SMILES string of the molecule is O=C(c1cc2cc([N+](=O)[O-])ccc2s1)N(/N=C/c1ccc(Br)cc1)c1nc2ccc(F)cc2s1. The molecule has 0 saturated heterocycles. The summed E-state index contributed by atoms with van der Waals surface area (Å²) < 4.78 is 15.9. The van der Waals surface area contributed by atoms with Crippen LogP contribution in [0.4, 0.5) is 15.2 Å². The number of nitro groups is 1. The fourth-order valence-electron chi connectivity index (χ4n) is 3.19. The van der Waals surface area contributed by atoms with Crippen LogP contribution in [-0.2, 0) is 0 Å². The molecule has 168 valence electrons. The zero-order valence-corrected chi connectivity index (χ0v) is 20.2. The number of benzene rings is 3. The first-order chi connectivity index (χ1) is 16.4. The molecule has 11 heteroatoms. The number of rotatable bonds is 5. The van der Waals surface area contributed by atoms with Crippen molar-refractivity contribution in [2.75, 3.05) is 5.01 Å². The first kappa shape index (κ1) is 22.3. The van der Waals surface area contributed by atoms with E-state index in [1.807, 2.05) is 24.3 Å². The highest BCUT2D eigenvalue weighted by Gasteiger charge is 2.23. The van der Waals surface area contributed by atoms with E-state index in [9.17, 15) is 19.3 Å². The van der Waals surface area contributed by atoms with Gasteiger partial charge >= 0.3 is 0 Å². The number of thiophene rings is 1. The number of hydrogen-bond donors (Lipinski definition) is 0. The van der Waals surface area contributed by atoms with Gasteiger partial charge < -0.3 is 0 Å². The maximum Gasteiger partial charge on any atom is 0.290 e. The second-order valence-electron chi connectivity index (χ2n) is 7.11. The van der Waals surface area contributed by atoms with E-state index in [0.29, 0.717) is 20.5 Å². The molecule has 0 saturated carbocycles. The Hall–Kier alpha value is -3.54. The fourth-order valence-corrected chi connectivity index (χ4v) is 5.37. The number of carbonyl (C=O) groups is 1. The van der Waals surface area contributed by atoms with Crippen molar-refractivity contribution in [3.05, 3.63) is 97.6 Å². The number of carbonyl (C=O) groups excluding carboxylic acids is 1. The van der Waals surface area contributed by atoms with Gasteiger partial charge in [-0.25, -0.2) is 9.37 Å². The van der Waals surface area contributed by atoms with Gasteiger partial charge in [-0.3, -0.25) is 14.9 Å². The molecule has 0 spiro atoms. The highest BCUT2D eigenvalue weighted by atomic mass is 79.9. The number of amides is 1. The molecule has 34 heavy (non-hydrogen) atoms. The Labute approximate surface area is 208 Å². The quantitative estimate of drug-likeness (QED) is 0.133. The second-order valence-corrected chi connectivity index (χ2v) is 10.1. The summed E-state index contributed by atoms with van der Waals surface area (Å²) in [5.41, 5.74) is 1.26. The molecule has 0 aliphatic carbocycles. The zero-order valence-electron chi connectivity index (χ0n) is 17.0. The highest BCUT2D eigenvalue weighted by Crippen LogP contribution is 2.34. The first-order valence-corrected chi connectivity index (χ1v) is 12.2. The number of fused-ring (bicyclic) bond motifs is 2. The molecule has 5 aromatic rings. The van der Waals surface area contributed by atoms with Gasteiger partial charge in [0.25, 0.3) is 11.6 Å². The zero-order chi connectivity index (χ0) is 23.8. The van der Waals surface area contributed by atoms with E-state index in [-0.39, 0.29) is 10.8 Å². The van der Waals surface area contributed by atoms with Crippen molar-refractivity contribution in [3.63, 3.8) is 0 Å². The van der Waals surface area contributed by atoms with Crippen molar-refractivity contribution >= 4 is 81.8 Å². The van der Waals surface area contributed by atoms with Gasteiger partial charge in [0, 0.05) is 26.7 Å². The summed E-state index contributed by atoms with van der Waals surface area (Å²) in [6, 6.07) is 17.6. The summed E-state index contributed by atoms with van der Waals surface area (Å²) in [6.45, 7) is 0. The monoisotopic (exact) mass is 554 g/mol. The first-order valence-electron chi connectivity index (χ1n) is 9.75. The Kier molecular flexibility index (Phi) is 5.90. The molecule has 2 heterocycles. The molecule has 3 aromatic carbocycles. The van der Waals surface area contributed by atoms with E-state index >= 15 is 0 Å². The number of aromatic nitrogens is 1. The van der Waals surface area contributed by atoms with E-state index in [1.54, 1.807) is 18.2 Å². The van der Waals surface area contributed by atoms with Crippen LogP contribution in [0.5, 0.6) is 0 Å². The van der Waals surface area contributed by atoms with Crippen LogP contribution in [0.25, 0.3) is 20.3 Å². The number of nitro benzene ring substituents is 1. The summed E-state index contributed by atoms with van der Waals surface area (Å²) in [5.74, 6) is -0.846. The summed E-state index contributed by atoms with van der Waals surface area (Å²) in [7, 11) is 0. The van der Waals surface area contributed by atoms with Gasteiger partial charge in [-0.2, -0.15) is 10.1 Å². The van der Waals surface area contributed by atoms with Crippen molar-refractivity contribution in [2.45, 2.75) is 0 Å². The Morgan fingerprint density at radius 1 is 1.06 bits per heavy atom. The van der Waals surface area contributed by atoms with Crippen LogP contribution >= 0.6 is 38.6 Å². The van der Waals surface area contributed by atoms with Crippen LogP contribution in [0.1, 0.15) is 15.2 Å². The Bertz CT molecular complexity index is 1600. The molecule has 7 nitrogen and oxygen atoms in total. The average Bonchev–Trinajstić information content (AvgIpc) is 3.43. The number of non-ortho nitro benzene ring substituents is 1. The van der Waals surface area contributed by atoms with Crippen LogP contribution in [0.3, 0.4) is 0 Å². The largest absolute Gasteiger partial charge is 0.290 e. The molecule has 0 bridgehead atoms. The third-order valence-corrected chi connectivity index (χ3v) is 7.45. The molecule has 0 atom stereocenters. The van der Waals surface area contributed by atoms with E-state index in [2.05, 4.69) is 26.0 Å². The molecule has 0 N–H and O–H groups in total. The van der Waals surface area contributed by atoms with Crippen molar-refractivity contribution in [2.24, 2.45) is 5.10 Å². The van der Waals surface area contributed by atoms with Crippen molar-refractivity contribution in [1.29, 1.82) is 0 Å². The number of hydrazone groups is 1. The lowest BCUT2D eigenvalue weighted by molar-refractivity contribution is -0.384. The Morgan fingerprint density at radius 2 is 1.85 bits per heavy atom. The standard InChI is InChI=1S/C23H12BrFN4O3S2/c24-15-3-1-13(2-4-15)12-26-28(23-27-18-7-5-16(25)11-20(18)34-23)22(30)21-10-14-9-17(29(31)32)6-8-19(14)33-21/h1-12H/b26-12+. The van der Waals surface area contributed by atoms with E-state index in [4.69, 9.17) is 0 Å². The molecule has 1 amide bonds. The predicted octanol–water partition coefficient (Wildman–Crippen LogP) is 7.00. The maximum atomic E-state index is 13.7. The minimum absolute atomic E-state index is 0.0531. The van der Waals surface area contributed by atoms with Crippen LogP contribution in [-0.4, -0.2) is 22.0 Å². The third kappa shape index (κ3) is 4.45. The summed E-state index contributed by atoms with van der Waals surface area (Å²) in [5, 5.41) is 17.5. The highest BCUT2D eigenvalue weighted by molar-refractivity contribution is 9.10. The maximum absolute atomic E-state index is 13.7. The van der Waals surface area contributed by atoms with Gasteiger partial charge in [0.2, 0.25) is 5.13 Å². The van der Waals surface area contributed by atoms with Gasteiger partial charge in [0.05, 0.1) is 26.2 Å². The molecule has 0 aliphatic heterocycles. The molecule has 0 unspecified atom stereocenters. The molecule has 0 fully saturated rings. The molecule has 5 rings (SSSR count). The number of halogens is 2. The molecular weight excluding hydrogens is 543 g/mol.